The highest BCUT2D eigenvalue weighted by Crippen LogP contribution is 2.45. The van der Waals surface area contributed by atoms with Gasteiger partial charge in [0.15, 0.2) is 0 Å². The quantitative estimate of drug-likeness (QED) is 0.921. The van der Waals surface area contributed by atoms with E-state index >= 15 is 0 Å². The van der Waals surface area contributed by atoms with Crippen molar-refractivity contribution in [1.29, 1.82) is 0 Å². The number of ether oxygens (including phenoxy) is 1. The zero-order chi connectivity index (χ0) is 12.6. The molecule has 0 spiro atoms. The van der Waals surface area contributed by atoms with E-state index in [0.29, 0.717) is 5.25 Å². The van der Waals surface area contributed by atoms with Crippen molar-refractivity contribution in [3.63, 3.8) is 0 Å². The first-order valence-electron chi connectivity index (χ1n) is 6.48. The van der Waals surface area contributed by atoms with E-state index in [0.717, 1.165) is 19.8 Å². The van der Waals surface area contributed by atoms with Crippen LogP contribution in [0.25, 0.3) is 0 Å². The van der Waals surface area contributed by atoms with Crippen LogP contribution in [0.2, 0.25) is 0 Å². The maximum atomic E-state index is 5.96. The smallest absolute Gasteiger partial charge is 0.0611 e. The van der Waals surface area contributed by atoms with E-state index in [1.54, 1.807) is 0 Å². The van der Waals surface area contributed by atoms with Crippen LogP contribution in [0, 0.1) is 0 Å². The van der Waals surface area contributed by atoms with E-state index in [1.807, 2.05) is 11.8 Å². The lowest BCUT2D eigenvalue weighted by molar-refractivity contribution is 0.0455. The Morgan fingerprint density at radius 2 is 2.17 bits per heavy atom. The molecule has 0 amide bonds. The van der Waals surface area contributed by atoms with Gasteiger partial charge in [-0.2, -0.15) is 0 Å². The molecular weight excluding hydrogens is 310 g/mol. The Kier molecular flexibility index (Phi) is 3.72. The number of hydrogen-bond acceptors (Lipinski definition) is 3. The molecule has 1 heterocycles. The number of thioether (sulfide) groups is 1. The highest BCUT2D eigenvalue weighted by molar-refractivity contribution is 9.10. The van der Waals surface area contributed by atoms with Gasteiger partial charge >= 0.3 is 0 Å². The van der Waals surface area contributed by atoms with Crippen LogP contribution in [0.4, 0.5) is 0 Å². The molecule has 2 fully saturated rings. The summed E-state index contributed by atoms with van der Waals surface area (Å²) in [6, 6.07) is 6.77. The van der Waals surface area contributed by atoms with E-state index < -0.39 is 0 Å². The molecule has 1 aliphatic heterocycles. The first kappa shape index (κ1) is 13.0. The fraction of sp³-hybridized carbons (Fsp3) is 0.571. The van der Waals surface area contributed by atoms with Gasteiger partial charge in [-0.15, -0.1) is 11.8 Å². The third-order valence-corrected chi connectivity index (χ3v) is 6.28. The Labute approximate surface area is 121 Å². The van der Waals surface area contributed by atoms with Gasteiger partial charge in [-0.25, -0.2) is 0 Å². The molecule has 2 aliphatic rings. The minimum atomic E-state index is 0.255. The Bertz CT molecular complexity index is 438. The topological polar surface area (TPSA) is 35.2 Å². The lowest BCUT2D eigenvalue weighted by Crippen LogP contribution is -2.41. The van der Waals surface area contributed by atoms with Crippen LogP contribution in [0.3, 0.4) is 0 Å². The van der Waals surface area contributed by atoms with Crippen molar-refractivity contribution in [2.24, 2.45) is 5.73 Å². The fourth-order valence-electron chi connectivity index (χ4n) is 2.60. The predicted molar refractivity (Wildman–Crippen MR) is 79.2 cm³/mol. The van der Waals surface area contributed by atoms with Crippen molar-refractivity contribution < 1.29 is 4.74 Å². The number of benzene rings is 1. The molecule has 0 bridgehead atoms. The average Bonchev–Trinajstić information content (AvgIpc) is 2.25. The van der Waals surface area contributed by atoms with Crippen LogP contribution in [-0.2, 0) is 10.2 Å². The summed E-state index contributed by atoms with van der Waals surface area (Å²) in [4.78, 5) is 1.32. The van der Waals surface area contributed by atoms with Crippen molar-refractivity contribution in [2.45, 2.75) is 34.8 Å². The second-order valence-electron chi connectivity index (χ2n) is 5.26. The maximum absolute atomic E-state index is 5.96. The van der Waals surface area contributed by atoms with Gasteiger partial charge in [-0.3, -0.25) is 0 Å². The van der Waals surface area contributed by atoms with Crippen molar-refractivity contribution >= 4 is 27.7 Å². The molecule has 1 aromatic carbocycles. The van der Waals surface area contributed by atoms with Crippen LogP contribution in [0.15, 0.2) is 27.6 Å². The van der Waals surface area contributed by atoms with Gasteiger partial charge in [-0.1, -0.05) is 12.5 Å². The van der Waals surface area contributed by atoms with E-state index in [9.17, 15) is 0 Å². The zero-order valence-corrected chi connectivity index (χ0v) is 12.7. The molecule has 0 atom stereocenters. The summed E-state index contributed by atoms with van der Waals surface area (Å²) in [5.74, 6) is 0. The van der Waals surface area contributed by atoms with E-state index in [1.165, 1.54) is 34.2 Å². The third kappa shape index (κ3) is 2.24. The molecule has 1 aliphatic carbocycles. The molecule has 0 radical (unpaired) electrons. The van der Waals surface area contributed by atoms with Crippen LogP contribution in [0.5, 0.6) is 0 Å². The van der Waals surface area contributed by atoms with Crippen molar-refractivity contribution in [2.75, 3.05) is 19.8 Å². The average molecular weight is 328 g/mol. The predicted octanol–water partition coefficient (Wildman–Crippen LogP) is 3.32. The lowest BCUT2D eigenvalue weighted by atomic mass is 9.64. The summed E-state index contributed by atoms with van der Waals surface area (Å²) >= 11 is 5.61. The van der Waals surface area contributed by atoms with E-state index in [4.69, 9.17) is 10.5 Å². The number of halogens is 1. The van der Waals surface area contributed by atoms with Gasteiger partial charge < -0.3 is 10.5 Å². The molecule has 2 nitrogen and oxygen atoms in total. The van der Waals surface area contributed by atoms with Gasteiger partial charge in [0.2, 0.25) is 0 Å². The molecule has 4 heteroatoms. The Morgan fingerprint density at radius 3 is 2.61 bits per heavy atom. The van der Waals surface area contributed by atoms with Crippen molar-refractivity contribution in [3.05, 3.63) is 28.2 Å². The fourth-order valence-corrected chi connectivity index (χ4v) is 4.27. The number of rotatable bonds is 4. The largest absolute Gasteiger partial charge is 0.379 e. The van der Waals surface area contributed by atoms with Gasteiger partial charge in [0.25, 0.3) is 0 Å². The number of hydrogen-bond donors (Lipinski definition) is 1. The van der Waals surface area contributed by atoms with Crippen molar-refractivity contribution in [1.82, 2.24) is 0 Å². The molecule has 0 unspecified atom stereocenters. The van der Waals surface area contributed by atoms with Gasteiger partial charge in [-0.05, 0) is 46.5 Å². The van der Waals surface area contributed by atoms with Gasteiger partial charge in [0.1, 0.15) is 0 Å². The third-order valence-electron chi connectivity index (χ3n) is 4.15. The number of nitrogens with two attached hydrogens (primary N) is 1. The van der Waals surface area contributed by atoms with E-state index in [2.05, 4.69) is 34.1 Å². The first-order chi connectivity index (χ1) is 8.73. The normalized spacial score (nSPS) is 22.3. The summed E-state index contributed by atoms with van der Waals surface area (Å²) < 4.78 is 6.42. The van der Waals surface area contributed by atoms with Crippen LogP contribution in [0.1, 0.15) is 24.8 Å². The highest BCUT2D eigenvalue weighted by Gasteiger charge is 2.37. The van der Waals surface area contributed by atoms with Crippen LogP contribution < -0.4 is 5.73 Å². The second kappa shape index (κ2) is 5.16. The molecule has 0 aromatic heterocycles. The minimum Gasteiger partial charge on any atom is -0.379 e. The molecular formula is C14H18BrNOS. The molecule has 1 aromatic rings. The van der Waals surface area contributed by atoms with E-state index in [-0.39, 0.29) is 5.41 Å². The summed E-state index contributed by atoms with van der Waals surface area (Å²) in [7, 11) is 0. The van der Waals surface area contributed by atoms with Gasteiger partial charge in [0.05, 0.1) is 18.5 Å². The monoisotopic (exact) mass is 327 g/mol. The minimum absolute atomic E-state index is 0.255. The Morgan fingerprint density at radius 1 is 1.39 bits per heavy atom. The zero-order valence-electron chi connectivity index (χ0n) is 10.3. The molecule has 1 saturated heterocycles. The second-order valence-corrected chi connectivity index (χ2v) is 7.46. The summed E-state index contributed by atoms with van der Waals surface area (Å²) in [6.45, 7) is 2.53. The van der Waals surface area contributed by atoms with Crippen molar-refractivity contribution in [3.8, 4) is 0 Å². The molecule has 3 rings (SSSR count). The van der Waals surface area contributed by atoms with Crippen LogP contribution >= 0.6 is 27.7 Å². The summed E-state index contributed by atoms with van der Waals surface area (Å²) in [6.07, 6.45) is 3.78. The highest BCUT2D eigenvalue weighted by atomic mass is 79.9. The Balaban J connectivity index is 1.79. The molecule has 98 valence electrons. The van der Waals surface area contributed by atoms with Crippen LogP contribution in [-0.4, -0.2) is 25.0 Å². The SMILES string of the molecule is NCC1(c2ccc(SC3COC3)c(Br)c2)CCC1. The van der Waals surface area contributed by atoms with Gasteiger partial charge in [0, 0.05) is 21.3 Å². The molecule has 18 heavy (non-hydrogen) atoms. The standard InChI is InChI=1S/C14H18BrNOS/c15-12-6-10(14(9-16)4-1-5-14)2-3-13(12)18-11-7-17-8-11/h2-3,6,11H,1,4-5,7-9,16H2. The maximum Gasteiger partial charge on any atom is 0.0611 e. The summed E-state index contributed by atoms with van der Waals surface area (Å²) in [5.41, 5.74) is 7.62. The molecule has 2 N–H and O–H groups in total. The Hall–Kier alpha value is -0.0300. The lowest BCUT2D eigenvalue weighted by Gasteiger charge is -2.41. The summed E-state index contributed by atoms with van der Waals surface area (Å²) in [5, 5.41) is 0.624. The first-order valence-corrected chi connectivity index (χ1v) is 8.15. The molecule has 1 saturated carbocycles.